The lowest BCUT2D eigenvalue weighted by molar-refractivity contribution is 0.306. The molecule has 0 aliphatic heterocycles. The standard InChI is InChI=1S/C14H14N2O3S2/c1-21(17,18)12-4-2-11(3-5-12)19-9-10-6-7-16-13(8-10)14(15)20/h2-8H,9H2,1H3,(H2,15,20). The highest BCUT2D eigenvalue weighted by atomic mass is 32.2. The van der Waals surface area contributed by atoms with Crippen molar-refractivity contribution in [2.75, 3.05) is 6.26 Å². The van der Waals surface area contributed by atoms with E-state index in [9.17, 15) is 8.42 Å². The molecule has 0 fully saturated rings. The highest BCUT2D eigenvalue weighted by Crippen LogP contribution is 2.17. The Morgan fingerprint density at radius 3 is 2.52 bits per heavy atom. The summed E-state index contributed by atoms with van der Waals surface area (Å²) in [6, 6.07) is 9.81. The molecule has 0 saturated heterocycles. The van der Waals surface area contributed by atoms with E-state index in [1.165, 1.54) is 12.1 Å². The van der Waals surface area contributed by atoms with Gasteiger partial charge < -0.3 is 10.5 Å². The molecule has 0 radical (unpaired) electrons. The first-order valence-electron chi connectivity index (χ1n) is 6.04. The zero-order valence-corrected chi connectivity index (χ0v) is 12.9. The van der Waals surface area contributed by atoms with Crippen LogP contribution in [0.3, 0.4) is 0 Å². The lowest BCUT2D eigenvalue weighted by Crippen LogP contribution is -2.12. The Balaban J connectivity index is 2.06. The normalized spacial score (nSPS) is 11.1. The van der Waals surface area contributed by atoms with Gasteiger partial charge in [-0.15, -0.1) is 0 Å². The number of aromatic nitrogens is 1. The summed E-state index contributed by atoms with van der Waals surface area (Å²) in [5, 5.41) is 0. The van der Waals surface area contributed by atoms with Gasteiger partial charge in [0.2, 0.25) is 0 Å². The number of rotatable bonds is 5. The van der Waals surface area contributed by atoms with E-state index < -0.39 is 9.84 Å². The molecule has 0 unspecified atom stereocenters. The highest BCUT2D eigenvalue weighted by molar-refractivity contribution is 7.90. The minimum atomic E-state index is -3.19. The molecule has 5 nitrogen and oxygen atoms in total. The van der Waals surface area contributed by atoms with Crippen LogP contribution in [0.15, 0.2) is 47.5 Å². The van der Waals surface area contributed by atoms with Gasteiger partial charge in [0.05, 0.1) is 10.6 Å². The van der Waals surface area contributed by atoms with Crippen LogP contribution in [-0.4, -0.2) is 24.6 Å². The number of sulfone groups is 1. The number of hydrogen-bond acceptors (Lipinski definition) is 5. The predicted molar refractivity (Wildman–Crippen MR) is 84.0 cm³/mol. The largest absolute Gasteiger partial charge is 0.489 e. The third kappa shape index (κ3) is 4.24. The maximum Gasteiger partial charge on any atom is 0.175 e. The first-order valence-corrected chi connectivity index (χ1v) is 8.34. The van der Waals surface area contributed by atoms with Gasteiger partial charge in [-0.2, -0.15) is 0 Å². The van der Waals surface area contributed by atoms with E-state index in [4.69, 9.17) is 22.7 Å². The number of nitrogens with two attached hydrogens (primary N) is 1. The Bertz CT molecular complexity index is 756. The average molecular weight is 322 g/mol. The summed E-state index contributed by atoms with van der Waals surface area (Å²) in [5.41, 5.74) is 6.93. The van der Waals surface area contributed by atoms with Crippen molar-refractivity contribution in [1.29, 1.82) is 0 Å². The van der Waals surface area contributed by atoms with Crippen LogP contribution < -0.4 is 10.5 Å². The van der Waals surface area contributed by atoms with Crippen LogP contribution in [0.1, 0.15) is 11.3 Å². The van der Waals surface area contributed by atoms with Crippen LogP contribution in [0.2, 0.25) is 0 Å². The maximum absolute atomic E-state index is 11.4. The molecule has 21 heavy (non-hydrogen) atoms. The smallest absolute Gasteiger partial charge is 0.175 e. The van der Waals surface area contributed by atoms with Crippen LogP contribution in [0.4, 0.5) is 0 Å². The summed E-state index contributed by atoms with van der Waals surface area (Å²) in [6.45, 7) is 0.316. The molecule has 0 aliphatic carbocycles. The summed E-state index contributed by atoms with van der Waals surface area (Å²) in [5.74, 6) is 0.580. The van der Waals surface area contributed by atoms with E-state index in [1.54, 1.807) is 30.5 Å². The van der Waals surface area contributed by atoms with Crippen molar-refractivity contribution in [1.82, 2.24) is 4.98 Å². The van der Waals surface area contributed by atoms with E-state index in [-0.39, 0.29) is 9.88 Å². The third-order valence-electron chi connectivity index (χ3n) is 2.73. The molecule has 1 aromatic carbocycles. The van der Waals surface area contributed by atoms with Crippen LogP contribution in [0.25, 0.3) is 0 Å². The minimum absolute atomic E-state index is 0.231. The third-order valence-corrected chi connectivity index (χ3v) is 4.07. The van der Waals surface area contributed by atoms with Crippen molar-refractivity contribution in [3.8, 4) is 5.75 Å². The van der Waals surface area contributed by atoms with Gasteiger partial charge in [-0.3, -0.25) is 4.98 Å². The highest BCUT2D eigenvalue weighted by Gasteiger charge is 2.06. The van der Waals surface area contributed by atoms with Crippen LogP contribution >= 0.6 is 12.2 Å². The van der Waals surface area contributed by atoms with Crippen molar-refractivity contribution in [3.63, 3.8) is 0 Å². The van der Waals surface area contributed by atoms with Gasteiger partial charge in [-0.05, 0) is 42.0 Å². The molecular weight excluding hydrogens is 308 g/mol. The molecule has 1 aromatic heterocycles. The summed E-state index contributed by atoms with van der Waals surface area (Å²) < 4.78 is 28.3. The van der Waals surface area contributed by atoms with Gasteiger partial charge in [0.25, 0.3) is 0 Å². The molecule has 0 spiro atoms. The van der Waals surface area contributed by atoms with E-state index >= 15 is 0 Å². The second-order valence-corrected chi connectivity index (χ2v) is 6.90. The molecule has 1 heterocycles. The lowest BCUT2D eigenvalue weighted by Gasteiger charge is -2.07. The molecule has 2 rings (SSSR count). The minimum Gasteiger partial charge on any atom is -0.489 e. The van der Waals surface area contributed by atoms with Gasteiger partial charge in [0.15, 0.2) is 9.84 Å². The predicted octanol–water partition coefficient (Wildman–Crippen LogP) is 1.70. The molecule has 110 valence electrons. The number of thiocarbonyl (C=S) groups is 1. The summed E-state index contributed by atoms with van der Waals surface area (Å²) in [6.07, 6.45) is 2.77. The molecule has 0 saturated carbocycles. The molecule has 0 aliphatic rings. The first kappa shape index (κ1) is 15.4. The molecule has 2 N–H and O–H groups in total. The van der Waals surface area contributed by atoms with Crippen LogP contribution in [-0.2, 0) is 16.4 Å². The molecule has 0 amide bonds. The topological polar surface area (TPSA) is 82.3 Å². The van der Waals surface area contributed by atoms with Gasteiger partial charge in [-0.1, -0.05) is 12.2 Å². The Morgan fingerprint density at radius 1 is 1.29 bits per heavy atom. The Kier molecular flexibility index (Phi) is 4.54. The number of nitrogens with zero attached hydrogens (tertiary/aromatic N) is 1. The van der Waals surface area contributed by atoms with Crippen LogP contribution in [0, 0.1) is 0 Å². The quantitative estimate of drug-likeness (QED) is 0.844. The fourth-order valence-electron chi connectivity index (χ4n) is 1.65. The van der Waals surface area contributed by atoms with Crippen LogP contribution in [0.5, 0.6) is 5.75 Å². The van der Waals surface area contributed by atoms with Crippen molar-refractivity contribution >= 4 is 27.0 Å². The second-order valence-electron chi connectivity index (χ2n) is 4.45. The molecular formula is C14H14N2O3S2. The van der Waals surface area contributed by atoms with Gasteiger partial charge in [-0.25, -0.2) is 8.42 Å². The van der Waals surface area contributed by atoms with E-state index in [1.807, 2.05) is 0 Å². The number of ether oxygens (including phenoxy) is 1. The molecule has 2 aromatic rings. The fraction of sp³-hybridized carbons (Fsp3) is 0.143. The zero-order valence-electron chi connectivity index (χ0n) is 11.3. The van der Waals surface area contributed by atoms with E-state index in [2.05, 4.69) is 4.98 Å². The Morgan fingerprint density at radius 2 is 1.95 bits per heavy atom. The Labute approximate surface area is 128 Å². The Hall–Kier alpha value is -1.99. The van der Waals surface area contributed by atoms with Crippen molar-refractivity contribution in [3.05, 3.63) is 53.9 Å². The second kappa shape index (κ2) is 6.19. The van der Waals surface area contributed by atoms with Gasteiger partial charge in [0, 0.05) is 12.5 Å². The summed E-state index contributed by atoms with van der Waals surface area (Å²) in [7, 11) is -3.19. The average Bonchev–Trinajstić information content (AvgIpc) is 2.45. The maximum atomic E-state index is 11.4. The first-order chi connectivity index (χ1) is 9.86. The SMILES string of the molecule is CS(=O)(=O)c1ccc(OCc2ccnc(C(N)=S)c2)cc1. The van der Waals surface area contributed by atoms with Crippen molar-refractivity contribution < 1.29 is 13.2 Å². The van der Waals surface area contributed by atoms with Gasteiger partial charge in [0.1, 0.15) is 17.3 Å². The number of hydrogen-bond donors (Lipinski definition) is 1. The lowest BCUT2D eigenvalue weighted by atomic mass is 10.2. The molecule has 0 bridgehead atoms. The monoisotopic (exact) mass is 322 g/mol. The van der Waals surface area contributed by atoms with E-state index in [0.29, 0.717) is 18.1 Å². The van der Waals surface area contributed by atoms with E-state index in [0.717, 1.165) is 11.8 Å². The van der Waals surface area contributed by atoms with Crippen molar-refractivity contribution in [2.45, 2.75) is 11.5 Å². The van der Waals surface area contributed by atoms with Gasteiger partial charge >= 0.3 is 0 Å². The van der Waals surface area contributed by atoms with Crippen molar-refractivity contribution in [2.24, 2.45) is 5.73 Å². The fourth-order valence-corrected chi connectivity index (χ4v) is 2.39. The summed E-state index contributed by atoms with van der Waals surface area (Å²) in [4.78, 5) is 4.53. The number of benzene rings is 1. The number of pyridine rings is 1. The summed E-state index contributed by atoms with van der Waals surface area (Å²) >= 11 is 4.87. The zero-order chi connectivity index (χ0) is 15.5. The molecule has 0 atom stereocenters. The molecule has 7 heteroatoms.